The molecule has 3 heteroatoms. The summed E-state index contributed by atoms with van der Waals surface area (Å²) in [6.45, 7) is 0. The van der Waals surface area contributed by atoms with Crippen LogP contribution >= 0.6 is 0 Å². The van der Waals surface area contributed by atoms with E-state index >= 15 is 0 Å². The van der Waals surface area contributed by atoms with Gasteiger partial charge in [0.25, 0.3) is 0 Å². The first-order chi connectivity index (χ1) is 9.43. The highest BCUT2D eigenvalue weighted by atomic mass is 16.5. The van der Waals surface area contributed by atoms with Crippen LogP contribution in [0.4, 0.5) is 0 Å². The van der Waals surface area contributed by atoms with Crippen molar-refractivity contribution in [2.75, 3.05) is 0 Å². The van der Waals surface area contributed by atoms with Gasteiger partial charge in [0.2, 0.25) is 0 Å². The fourth-order valence-corrected chi connectivity index (χ4v) is 2.55. The van der Waals surface area contributed by atoms with Crippen molar-refractivity contribution >= 4 is 0 Å². The second-order valence-corrected chi connectivity index (χ2v) is 4.56. The molecule has 0 spiro atoms. The van der Waals surface area contributed by atoms with E-state index in [0.717, 1.165) is 17.1 Å². The standard InChI is InChI=1S/C16H12N2O/c1-2-6-12(7-3-1)19-16-13-8-4-5-9-14(13)18-11-17-10-15(16)18/h1-11,16H. The minimum Gasteiger partial charge on any atom is -0.479 e. The fraction of sp³-hybridized carbons (Fsp3) is 0.0625. The van der Waals surface area contributed by atoms with E-state index in [9.17, 15) is 0 Å². The van der Waals surface area contributed by atoms with Crippen LogP contribution in [-0.4, -0.2) is 9.55 Å². The number of para-hydroxylation sites is 2. The van der Waals surface area contributed by atoms with Crippen LogP contribution < -0.4 is 4.74 Å². The smallest absolute Gasteiger partial charge is 0.168 e. The fourth-order valence-electron chi connectivity index (χ4n) is 2.55. The molecule has 1 aromatic heterocycles. The molecule has 1 unspecified atom stereocenters. The van der Waals surface area contributed by atoms with Crippen LogP contribution in [0.5, 0.6) is 5.75 Å². The third-order valence-corrected chi connectivity index (χ3v) is 3.41. The molecule has 3 nitrogen and oxygen atoms in total. The van der Waals surface area contributed by atoms with Gasteiger partial charge in [-0.25, -0.2) is 4.98 Å². The first-order valence-electron chi connectivity index (χ1n) is 6.27. The number of hydrogen-bond acceptors (Lipinski definition) is 2. The Morgan fingerprint density at radius 2 is 1.74 bits per heavy atom. The van der Waals surface area contributed by atoms with Gasteiger partial charge in [0.1, 0.15) is 5.75 Å². The molecule has 4 rings (SSSR count). The van der Waals surface area contributed by atoms with Gasteiger partial charge in [-0.15, -0.1) is 0 Å². The monoisotopic (exact) mass is 248 g/mol. The highest BCUT2D eigenvalue weighted by Crippen LogP contribution is 2.38. The van der Waals surface area contributed by atoms with Crippen LogP contribution in [0.1, 0.15) is 17.4 Å². The zero-order chi connectivity index (χ0) is 12.7. The first kappa shape index (κ1) is 10.4. The van der Waals surface area contributed by atoms with E-state index in [0.29, 0.717) is 0 Å². The molecule has 0 saturated heterocycles. The van der Waals surface area contributed by atoms with Gasteiger partial charge in [-0.2, -0.15) is 0 Å². The molecule has 1 atom stereocenters. The zero-order valence-corrected chi connectivity index (χ0v) is 10.2. The molecule has 0 N–H and O–H groups in total. The Balaban J connectivity index is 1.81. The lowest BCUT2D eigenvalue weighted by molar-refractivity contribution is 0.248. The molecule has 0 radical (unpaired) electrons. The predicted octanol–water partition coefficient (Wildman–Crippen LogP) is 3.35. The Morgan fingerprint density at radius 3 is 2.63 bits per heavy atom. The highest BCUT2D eigenvalue weighted by Gasteiger charge is 2.30. The second-order valence-electron chi connectivity index (χ2n) is 4.56. The maximum Gasteiger partial charge on any atom is 0.168 e. The summed E-state index contributed by atoms with van der Waals surface area (Å²) in [6, 6.07) is 18.2. The molecule has 1 aliphatic heterocycles. The number of nitrogens with zero attached hydrogens (tertiary/aromatic N) is 2. The van der Waals surface area contributed by atoms with Gasteiger partial charge in [-0.3, -0.25) is 4.57 Å². The van der Waals surface area contributed by atoms with Crippen LogP contribution in [-0.2, 0) is 0 Å². The van der Waals surface area contributed by atoms with Crippen LogP contribution in [0, 0.1) is 0 Å². The summed E-state index contributed by atoms with van der Waals surface area (Å²) in [6.07, 6.45) is 3.62. The van der Waals surface area contributed by atoms with Crippen LogP contribution in [0.15, 0.2) is 67.1 Å². The van der Waals surface area contributed by atoms with Gasteiger partial charge in [-0.05, 0) is 18.2 Å². The molecule has 0 fully saturated rings. The summed E-state index contributed by atoms with van der Waals surface area (Å²) in [5, 5.41) is 0. The van der Waals surface area contributed by atoms with E-state index in [2.05, 4.69) is 21.7 Å². The molecule has 1 aliphatic rings. The number of ether oxygens (including phenoxy) is 1. The molecular formula is C16H12N2O. The van der Waals surface area contributed by atoms with E-state index in [1.54, 1.807) is 0 Å². The molecule has 0 bridgehead atoms. The van der Waals surface area contributed by atoms with Crippen molar-refractivity contribution < 1.29 is 4.74 Å². The summed E-state index contributed by atoms with van der Waals surface area (Å²) < 4.78 is 8.21. The largest absolute Gasteiger partial charge is 0.479 e. The molecular weight excluding hydrogens is 236 g/mol. The summed E-state index contributed by atoms with van der Waals surface area (Å²) in [5.41, 5.74) is 3.41. The Morgan fingerprint density at radius 1 is 0.947 bits per heavy atom. The molecule has 92 valence electrons. The molecule has 2 heterocycles. The van der Waals surface area contributed by atoms with Crippen LogP contribution in [0.3, 0.4) is 0 Å². The summed E-state index contributed by atoms with van der Waals surface area (Å²) in [7, 11) is 0. The SMILES string of the molecule is c1ccc(OC2c3ccccc3-n3cncc32)cc1. The molecule has 2 aromatic carbocycles. The Kier molecular flexibility index (Phi) is 2.18. The van der Waals surface area contributed by atoms with Crippen molar-refractivity contribution in [3.8, 4) is 11.4 Å². The number of benzene rings is 2. The molecule has 3 aromatic rings. The quantitative estimate of drug-likeness (QED) is 0.695. The summed E-state index contributed by atoms with van der Waals surface area (Å²) in [5.74, 6) is 0.872. The van der Waals surface area contributed by atoms with Gasteiger partial charge >= 0.3 is 0 Å². The number of aromatic nitrogens is 2. The first-order valence-corrected chi connectivity index (χ1v) is 6.27. The lowest BCUT2D eigenvalue weighted by Crippen LogP contribution is -2.05. The molecule has 0 aliphatic carbocycles. The van der Waals surface area contributed by atoms with E-state index in [-0.39, 0.29) is 6.10 Å². The number of hydrogen-bond donors (Lipinski definition) is 0. The second kappa shape index (κ2) is 3.99. The Bertz CT molecular complexity index is 718. The number of fused-ring (bicyclic) bond motifs is 3. The molecule has 19 heavy (non-hydrogen) atoms. The minimum absolute atomic E-state index is 0.0823. The summed E-state index contributed by atoms with van der Waals surface area (Å²) >= 11 is 0. The van der Waals surface area contributed by atoms with Gasteiger partial charge in [-0.1, -0.05) is 36.4 Å². The average Bonchev–Trinajstić information content (AvgIpc) is 3.04. The van der Waals surface area contributed by atoms with Crippen molar-refractivity contribution in [1.29, 1.82) is 0 Å². The highest BCUT2D eigenvalue weighted by molar-refractivity contribution is 5.52. The molecule has 0 saturated carbocycles. The van der Waals surface area contributed by atoms with Gasteiger partial charge < -0.3 is 4.74 Å². The minimum atomic E-state index is -0.0823. The van der Waals surface area contributed by atoms with Gasteiger partial charge in [0, 0.05) is 5.56 Å². The van der Waals surface area contributed by atoms with Crippen molar-refractivity contribution in [3.63, 3.8) is 0 Å². The number of rotatable bonds is 2. The normalized spacial score (nSPS) is 15.9. The lowest BCUT2D eigenvalue weighted by Gasteiger charge is -2.14. The lowest BCUT2D eigenvalue weighted by atomic mass is 10.1. The zero-order valence-electron chi connectivity index (χ0n) is 10.2. The van der Waals surface area contributed by atoms with Gasteiger partial charge in [0.15, 0.2) is 6.10 Å². The van der Waals surface area contributed by atoms with Crippen molar-refractivity contribution in [1.82, 2.24) is 9.55 Å². The predicted molar refractivity (Wildman–Crippen MR) is 72.5 cm³/mol. The van der Waals surface area contributed by atoms with E-state index in [1.807, 2.05) is 55.0 Å². The summed E-state index contributed by atoms with van der Waals surface area (Å²) in [4.78, 5) is 4.22. The average molecular weight is 248 g/mol. The van der Waals surface area contributed by atoms with Crippen molar-refractivity contribution in [2.24, 2.45) is 0 Å². The van der Waals surface area contributed by atoms with Crippen molar-refractivity contribution in [3.05, 3.63) is 78.4 Å². The van der Waals surface area contributed by atoms with Crippen LogP contribution in [0.2, 0.25) is 0 Å². The Hall–Kier alpha value is -2.55. The third kappa shape index (κ3) is 1.55. The van der Waals surface area contributed by atoms with Gasteiger partial charge in [0.05, 0.1) is 23.9 Å². The Labute approximate surface area is 111 Å². The number of imidazole rings is 1. The van der Waals surface area contributed by atoms with E-state index < -0.39 is 0 Å². The van der Waals surface area contributed by atoms with Crippen molar-refractivity contribution in [2.45, 2.75) is 6.10 Å². The van der Waals surface area contributed by atoms with E-state index in [1.165, 1.54) is 5.56 Å². The maximum absolute atomic E-state index is 6.13. The third-order valence-electron chi connectivity index (χ3n) is 3.41. The topological polar surface area (TPSA) is 27.1 Å². The maximum atomic E-state index is 6.13. The molecule has 0 amide bonds. The van der Waals surface area contributed by atoms with Crippen LogP contribution in [0.25, 0.3) is 5.69 Å². The van der Waals surface area contributed by atoms with E-state index in [4.69, 9.17) is 4.74 Å².